The monoisotopic (exact) mass is 434 g/mol. The van der Waals surface area contributed by atoms with Gasteiger partial charge in [-0.05, 0) is 42.0 Å². The molecule has 1 fully saturated rings. The molecule has 1 heterocycles. The highest BCUT2D eigenvalue weighted by molar-refractivity contribution is 6.04. The van der Waals surface area contributed by atoms with Crippen LogP contribution in [0.1, 0.15) is 11.1 Å². The van der Waals surface area contributed by atoms with Crippen molar-refractivity contribution >= 4 is 41.4 Å². The third-order valence-electron chi connectivity index (χ3n) is 4.57. The minimum Gasteiger partial charge on any atom is -0.392 e. The zero-order valence-electron chi connectivity index (χ0n) is 15.9. The molecule has 2 aromatic rings. The number of carbonyl (C=O) groups is 2. The van der Waals surface area contributed by atoms with Crippen LogP contribution in [-0.4, -0.2) is 53.2 Å². The van der Waals surface area contributed by atoms with Crippen LogP contribution >= 0.6 is 12.4 Å². The smallest absolute Gasteiger partial charge is 0.259 e. The van der Waals surface area contributed by atoms with Gasteiger partial charge in [0.05, 0.1) is 13.2 Å². The number of morpholine rings is 1. The number of aliphatic hydroxyl groups excluding tert-OH is 2. The van der Waals surface area contributed by atoms with Gasteiger partial charge in [0, 0.05) is 23.5 Å². The molecule has 0 aliphatic carbocycles. The summed E-state index contributed by atoms with van der Waals surface area (Å²) in [6, 6.07) is 13.0. The molecule has 0 aromatic heterocycles. The minimum absolute atomic E-state index is 0. The maximum Gasteiger partial charge on any atom is 0.259 e. The third kappa shape index (κ3) is 5.14. The van der Waals surface area contributed by atoms with E-state index < -0.39 is 24.0 Å². The van der Waals surface area contributed by atoms with E-state index in [1.165, 1.54) is 4.90 Å². The number of amides is 2. The van der Waals surface area contributed by atoms with Crippen LogP contribution in [0, 0.1) is 5.41 Å². The second-order valence-corrected chi connectivity index (χ2v) is 6.53. The molecule has 1 saturated heterocycles. The molecule has 3 rings (SSSR count). The average molecular weight is 435 g/mol. The molecule has 0 unspecified atom stereocenters. The van der Waals surface area contributed by atoms with Crippen molar-refractivity contribution in [1.29, 1.82) is 5.41 Å². The number of nitrogen functional groups attached to an aromatic ring is 1. The maximum absolute atomic E-state index is 12.8. The molecule has 0 radical (unpaired) electrons. The van der Waals surface area contributed by atoms with Crippen molar-refractivity contribution < 1.29 is 24.5 Å². The number of hydrogen-bond acceptors (Lipinski definition) is 6. The van der Waals surface area contributed by atoms with Gasteiger partial charge in [-0.1, -0.05) is 12.1 Å². The Morgan fingerprint density at radius 2 is 1.87 bits per heavy atom. The third-order valence-corrected chi connectivity index (χ3v) is 4.57. The number of nitrogens with two attached hydrogens (primary N) is 1. The number of benzene rings is 2. The highest BCUT2D eigenvalue weighted by Gasteiger charge is 2.39. The second kappa shape index (κ2) is 10.2. The van der Waals surface area contributed by atoms with Crippen LogP contribution in [-0.2, 0) is 20.9 Å². The topological polar surface area (TPSA) is 149 Å². The van der Waals surface area contributed by atoms with Gasteiger partial charge in [-0.2, -0.15) is 0 Å². The molecule has 30 heavy (non-hydrogen) atoms. The Hall–Kier alpha value is -2.98. The molecule has 0 saturated carbocycles. The predicted octanol–water partition coefficient (Wildman–Crippen LogP) is 0.616. The zero-order valence-corrected chi connectivity index (χ0v) is 16.8. The van der Waals surface area contributed by atoms with Gasteiger partial charge in [-0.3, -0.25) is 15.0 Å². The number of nitrogens with zero attached hydrogens (tertiary/aromatic N) is 1. The highest BCUT2D eigenvalue weighted by atomic mass is 35.5. The van der Waals surface area contributed by atoms with E-state index in [4.69, 9.17) is 21.0 Å². The summed E-state index contributed by atoms with van der Waals surface area (Å²) in [7, 11) is 0. The van der Waals surface area contributed by atoms with Crippen molar-refractivity contribution in [2.45, 2.75) is 18.8 Å². The lowest BCUT2D eigenvalue weighted by Crippen LogP contribution is -2.55. The number of hydrogen-bond donors (Lipinski definition) is 5. The lowest BCUT2D eigenvalue weighted by molar-refractivity contribution is -0.150. The SMILES string of the molecule is Cl.N=C(N)c1ccc(NC(=O)[C@H](O)[C@H]2OCCN(c3ccc(CO)cc3)C2=O)cc1. The van der Waals surface area contributed by atoms with E-state index in [1.807, 2.05) is 0 Å². The molecular formula is C20H23ClN4O5. The largest absolute Gasteiger partial charge is 0.392 e. The molecule has 2 aromatic carbocycles. The summed E-state index contributed by atoms with van der Waals surface area (Å²) in [6.07, 6.45) is -3.03. The number of rotatable bonds is 6. The fourth-order valence-electron chi connectivity index (χ4n) is 2.96. The Kier molecular flexibility index (Phi) is 7.90. The number of aliphatic hydroxyl groups is 2. The Morgan fingerprint density at radius 1 is 1.23 bits per heavy atom. The van der Waals surface area contributed by atoms with E-state index in [0.717, 1.165) is 0 Å². The normalized spacial score (nSPS) is 17.1. The first-order valence-corrected chi connectivity index (χ1v) is 8.97. The summed E-state index contributed by atoms with van der Waals surface area (Å²) < 4.78 is 5.37. The summed E-state index contributed by atoms with van der Waals surface area (Å²) in [5, 5.41) is 29.4. The van der Waals surface area contributed by atoms with Gasteiger partial charge in [-0.15, -0.1) is 12.4 Å². The first kappa shape index (κ1) is 23.3. The molecule has 1 aliphatic heterocycles. The first-order valence-electron chi connectivity index (χ1n) is 8.97. The van der Waals surface area contributed by atoms with E-state index in [2.05, 4.69) is 5.32 Å². The number of halogens is 1. The molecule has 160 valence electrons. The Bertz CT molecular complexity index is 904. The average Bonchev–Trinajstić information content (AvgIpc) is 2.74. The summed E-state index contributed by atoms with van der Waals surface area (Å²) in [6.45, 7) is 0.344. The van der Waals surface area contributed by atoms with Crippen LogP contribution in [0.5, 0.6) is 0 Å². The van der Waals surface area contributed by atoms with Crippen molar-refractivity contribution in [3.8, 4) is 0 Å². The van der Waals surface area contributed by atoms with Gasteiger partial charge in [0.15, 0.2) is 12.2 Å². The van der Waals surface area contributed by atoms with Crippen molar-refractivity contribution in [3.05, 3.63) is 59.7 Å². The molecule has 9 nitrogen and oxygen atoms in total. The molecule has 1 aliphatic rings. The van der Waals surface area contributed by atoms with E-state index in [-0.39, 0.29) is 38.0 Å². The van der Waals surface area contributed by atoms with Crippen LogP contribution in [0.4, 0.5) is 11.4 Å². The van der Waals surface area contributed by atoms with Crippen LogP contribution in [0.25, 0.3) is 0 Å². The van der Waals surface area contributed by atoms with Gasteiger partial charge in [0.25, 0.3) is 11.8 Å². The lowest BCUT2D eigenvalue weighted by atomic mass is 10.1. The van der Waals surface area contributed by atoms with Crippen LogP contribution < -0.4 is 16.0 Å². The zero-order chi connectivity index (χ0) is 21.0. The number of carbonyl (C=O) groups excluding carboxylic acids is 2. The van der Waals surface area contributed by atoms with Crippen LogP contribution in [0.3, 0.4) is 0 Å². The number of nitrogens with one attached hydrogen (secondary N) is 2. The Labute approximate surface area is 179 Å². The van der Waals surface area contributed by atoms with Crippen molar-refractivity contribution in [3.63, 3.8) is 0 Å². The Balaban J connectivity index is 0.00000320. The van der Waals surface area contributed by atoms with Gasteiger partial charge in [0.1, 0.15) is 5.84 Å². The fraction of sp³-hybridized carbons (Fsp3) is 0.250. The number of ether oxygens (including phenoxy) is 1. The summed E-state index contributed by atoms with van der Waals surface area (Å²) in [4.78, 5) is 26.6. The van der Waals surface area contributed by atoms with Crippen LogP contribution in [0.15, 0.2) is 48.5 Å². The number of anilines is 2. The van der Waals surface area contributed by atoms with Crippen molar-refractivity contribution in [1.82, 2.24) is 0 Å². The van der Waals surface area contributed by atoms with Crippen LogP contribution in [0.2, 0.25) is 0 Å². The quantitative estimate of drug-likeness (QED) is 0.332. The van der Waals surface area contributed by atoms with Gasteiger partial charge in [-0.25, -0.2) is 0 Å². The standard InChI is InChI=1S/C20H22N4O5.ClH/c21-18(22)13-3-5-14(6-4-13)23-19(27)16(26)17-20(28)24(9-10-29-17)15-7-1-12(11-25)2-8-15;/h1-8,16-17,25-26H,9-11H2,(H3,21,22)(H,23,27);1H/t16-,17-;/m1./s1. The van der Waals surface area contributed by atoms with Gasteiger partial charge in [0.2, 0.25) is 0 Å². The molecule has 2 atom stereocenters. The minimum atomic E-state index is -1.70. The molecule has 2 amide bonds. The van der Waals surface area contributed by atoms with E-state index in [1.54, 1.807) is 48.5 Å². The van der Waals surface area contributed by atoms with Gasteiger partial charge >= 0.3 is 0 Å². The van der Waals surface area contributed by atoms with Gasteiger partial charge < -0.3 is 30.9 Å². The fourth-order valence-corrected chi connectivity index (χ4v) is 2.96. The summed E-state index contributed by atoms with van der Waals surface area (Å²) in [5.74, 6) is -1.41. The molecular weight excluding hydrogens is 412 g/mol. The van der Waals surface area contributed by atoms with E-state index >= 15 is 0 Å². The summed E-state index contributed by atoms with van der Waals surface area (Å²) in [5.41, 5.74) is 7.57. The van der Waals surface area contributed by atoms with E-state index in [9.17, 15) is 14.7 Å². The van der Waals surface area contributed by atoms with Crippen molar-refractivity contribution in [2.75, 3.05) is 23.4 Å². The molecule has 0 bridgehead atoms. The second-order valence-electron chi connectivity index (χ2n) is 6.53. The predicted molar refractivity (Wildman–Crippen MR) is 114 cm³/mol. The first-order chi connectivity index (χ1) is 13.9. The molecule has 10 heteroatoms. The summed E-state index contributed by atoms with van der Waals surface area (Å²) >= 11 is 0. The molecule has 0 spiro atoms. The highest BCUT2D eigenvalue weighted by Crippen LogP contribution is 2.21. The van der Waals surface area contributed by atoms with Crippen molar-refractivity contribution in [2.24, 2.45) is 5.73 Å². The lowest BCUT2D eigenvalue weighted by Gasteiger charge is -2.34. The maximum atomic E-state index is 12.8. The Morgan fingerprint density at radius 3 is 2.43 bits per heavy atom. The van der Waals surface area contributed by atoms with E-state index in [0.29, 0.717) is 22.5 Å². The number of amidine groups is 1. The molecule has 6 N–H and O–H groups in total.